The smallest absolute Gasteiger partial charge is 0.337 e. The minimum Gasteiger partial charge on any atom is -0.478 e. The summed E-state index contributed by atoms with van der Waals surface area (Å²) in [5.74, 6) is -0.849. The molecule has 0 spiro atoms. The molecule has 0 aliphatic carbocycles. The number of nitrogen functional groups attached to an aromatic ring is 1. The number of carboxylic acid groups (broad SMARTS) is 1. The third-order valence-electron chi connectivity index (χ3n) is 2.38. The van der Waals surface area contributed by atoms with Crippen LogP contribution in [0.5, 0.6) is 11.5 Å². The predicted molar refractivity (Wildman–Crippen MR) is 72.0 cm³/mol. The van der Waals surface area contributed by atoms with E-state index >= 15 is 0 Å². The van der Waals surface area contributed by atoms with Gasteiger partial charge < -0.3 is 15.6 Å². The number of hydrogen-bond donors (Lipinski definition) is 2. The summed E-state index contributed by atoms with van der Waals surface area (Å²) in [6.07, 6.45) is 0. The topological polar surface area (TPSA) is 72.5 Å². The number of rotatable bonds is 3. The summed E-state index contributed by atoms with van der Waals surface area (Å²) < 4.78 is 18.8. The van der Waals surface area contributed by atoms with Crippen molar-refractivity contribution in [2.24, 2.45) is 0 Å². The Morgan fingerprint density at radius 2 is 1.84 bits per heavy atom. The van der Waals surface area contributed by atoms with Crippen molar-refractivity contribution >= 4 is 27.6 Å². The number of halogens is 2. The van der Waals surface area contributed by atoms with E-state index in [0.717, 1.165) is 0 Å². The second-order valence-electron chi connectivity index (χ2n) is 3.73. The highest BCUT2D eigenvalue weighted by Crippen LogP contribution is 2.28. The first-order valence-electron chi connectivity index (χ1n) is 5.23. The maximum atomic E-state index is 13.1. The average molecular weight is 326 g/mol. The lowest BCUT2D eigenvalue weighted by Crippen LogP contribution is -2.02. The number of benzene rings is 2. The van der Waals surface area contributed by atoms with Gasteiger partial charge in [0.05, 0.1) is 10.0 Å². The number of ether oxygens (including phenoxy) is 1. The molecule has 0 saturated heterocycles. The van der Waals surface area contributed by atoms with Crippen molar-refractivity contribution < 1.29 is 19.0 Å². The molecule has 2 rings (SSSR count). The molecule has 19 heavy (non-hydrogen) atoms. The van der Waals surface area contributed by atoms with E-state index in [-0.39, 0.29) is 15.7 Å². The number of aromatic carboxylic acids is 1. The lowest BCUT2D eigenvalue weighted by Gasteiger charge is -2.08. The van der Waals surface area contributed by atoms with E-state index in [0.29, 0.717) is 11.5 Å². The molecule has 0 aliphatic heterocycles. The van der Waals surface area contributed by atoms with Crippen LogP contribution < -0.4 is 10.5 Å². The lowest BCUT2D eigenvalue weighted by molar-refractivity contribution is 0.0697. The highest BCUT2D eigenvalue weighted by atomic mass is 79.9. The Hall–Kier alpha value is -2.08. The average Bonchev–Trinajstić information content (AvgIpc) is 2.36. The normalized spacial score (nSPS) is 10.2. The first kappa shape index (κ1) is 13.4. The number of carbonyl (C=O) groups is 1. The second kappa shape index (κ2) is 5.27. The zero-order valence-corrected chi connectivity index (χ0v) is 11.1. The van der Waals surface area contributed by atoms with E-state index < -0.39 is 11.8 Å². The van der Waals surface area contributed by atoms with Gasteiger partial charge in [-0.25, -0.2) is 9.18 Å². The molecule has 3 N–H and O–H groups in total. The van der Waals surface area contributed by atoms with Crippen LogP contribution in [-0.2, 0) is 0 Å². The van der Waals surface area contributed by atoms with Crippen LogP contribution in [0, 0.1) is 5.82 Å². The van der Waals surface area contributed by atoms with Gasteiger partial charge in [-0.15, -0.1) is 0 Å². The van der Waals surface area contributed by atoms with Crippen LogP contribution in [0.3, 0.4) is 0 Å². The molecule has 0 fully saturated rings. The van der Waals surface area contributed by atoms with Gasteiger partial charge in [0, 0.05) is 5.69 Å². The molecule has 0 unspecified atom stereocenters. The van der Waals surface area contributed by atoms with Gasteiger partial charge in [0.25, 0.3) is 0 Å². The van der Waals surface area contributed by atoms with Crippen molar-refractivity contribution in [2.75, 3.05) is 5.73 Å². The first-order valence-corrected chi connectivity index (χ1v) is 6.02. The van der Waals surface area contributed by atoms with Crippen LogP contribution >= 0.6 is 15.9 Å². The highest BCUT2D eigenvalue weighted by molar-refractivity contribution is 9.10. The number of hydrogen-bond acceptors (Lipinski definition) is 3. The van der Waals surface area contributed by atoms with Crippen LogP contribution in [0.4, 0.5) is 10.1 Å². The second-order valence-corrected chi connectivity index (χ2v) is 4.59. The van der Waals surface area contributed by atoms with Gasteiger partial charge in [-0.1, -0.05) is 0 Å². The van der Waals surface area contributed by atoms with Gasteiger partial charge in [-0.05, 0) is 52.3 Å². The molecule has 4 nitrogen and oxygen atoms in total. The molecule has 98 valence electrons. The maximum Gasteiger partial charge on any atom is 0.337 e. The predicted octanol–water partition coefficient (Wildman–Crippen LogP) is 3.66. The first-order chi connectivity index (χ1) is 8.97. The SMILES string of the molecule is Nc1ccc(Oc2ccc(F)c(Br)c2)cc1C(=O)O. The van der Waals surface area contributed by atoms with Gasteiger partial charge in [-0.2, -0.15) is 0 Å². The molecular weight excluding hydrogens is 317 g/mol. The molecule has 0 aliphatic rings. The van der Waals surface area contributed by atoms with E-state index in [1.807, 2.05) is 0 Å². The quantitative estimate of drug-likeness (QED) is 0.844. The van der Waals surface area contributed by atoms with Crippen LogP contribution in [0.15, 0.2) is 40.9 Å². The lowest BCUT2D eigenvalue weighted by atomic mass is 10.2. The Kier molecular flexibility index (Phi) is 3.71. The molecular formula is C13H9BrFNO3. The van der Waals surface area contributed by atoms with E-state index in [1.54, 1.807) is 6.07 Å². The summed E-state index contributed by atoms with van der Waals surface area (Å²) in [5, 5.41) is 8.94. The minimum atomic E-state index is -1.14. The fourth-order valence-corrected chi connectivity index (χ4v) is 1.82. The Morgan fingerprint density at radius 1 is 1.21 bits per heavy atom. The number of carboxylic acids is 1. The molecule has 2 aromatic rings. The Bertz CT molecular complexity index is 646. The summed E-state index contributed by atoms with van der Waals surface area (Å²) in [4.78, 5) is 10.9. The van der Waals surface area contributed by atoms with Gasteiger partial charge in [-0.3, -0.25) is 0 Å². The molecule has 0 amide bonds. The van der Waals surface area contributed by atoms with Gasteiger partial charge >= 0.3 is 5.97 Å². The Morgan fingerprint density at radius 3 is 2.47 bits per heavy atom. The number of anilines is 1. The summed E-state index contributed by atoms with van der Waals surface area (Å²) in [7, 11) is 0. The van der Waals surface area contributed by atoms with Crippen LogP contribution in [-0.4, -0.2) is 11.1 Å². The summed E-state index contributed by atoms with van der Waals surface area (Å²) in [6, 6.07) is 8.43. The zero-order chi connectivity index (χ0) is 14.0. The van der Waals surface area contributed by atoms with Crippen LogP contribution in [0.1, 0.15) is 10.4 Å². The summed E-state index contributed by atoms with van der Waals surface area (Å²) >= 11 is 3.04. The molecule has 6 heteroatoms. The van der Waals surface area contributed by atoms with Crippen molar-refractivity contribution in [1.82, 2.24) is 0 Å². The zero-order valence-electron chi connectivity index (χ0n) is 9.56. The van der Waals surface area contributed by atoms with Crippen LogP contribution in [0.25, 0.3) is 0 Å². The summed E-state index contributed by atoms with van der Waals surface area (Å²) in [6.45, 7) is 0. The number of nitrogens with two attached hydrogens (primary N) is 1. The fourth-order valence-electron chi connectivity index (χ4n) is 1.46. The molecule has 0 atom stereocenters. The van der Waals surface area contributed by atoms with Gasteiger partial charge in [0.15, 0.2) is 0 Å². The van der Waals surface area contributed by atoms with Crippen molar-refractivity contribution in [2.45, 2.75) is 0 Å². The van der Waals surface area contributed by atoms with Crippen molar-refractivity contribution in [3.05, 3.63) is 52.3 Å². The molecule has 0 saturated carbocycles. The van der Waals surface area contributed by atoms with Crippen molar-refractivity contribution in [3.63, 3.8) is 0 Å². The highest BCUT2D eigenvalue weighted by Gasteiger charge is 2.10. The van der Waals surface area contributed by atoms with E-state index in [2.05, 4.69) is 15.9 Å². The van der Waals surface area contributed by atoms with Crippen molar-refractivity contribution in [3.8, 4) is 11.5 Å². The Balaban J connectivity index is 2.30. The van der Waals surface area contributed by atoms with E-state index in [9.17, 15) is 9.18 Å². The third kappa shape index (κ3) is 3.03. The molecule has 2 aromatic carbocycles. The molecule has 0 radical (unpaired) electrons. The molecule has 0 aromatic heterocycles. The maximum absolute atomic E-state index is 13.1. The monoisotopic (exact) mass is 325 g/mol. The Labute approximate surface area is 116 Å². The summed E-state index contributed by atoms with van der Waals surface area (Å²) in [5.41, 5.74) is 5.64. The van der Waals surface area contributed by atoms with Gasteiger partial charge in [0.2, 0.25) is 0 Å². The van der Waals surface area contributed by atoms with E-state index in [4.69, 9.17) is 15.6 Å². The minimum absolute atomic E-state index is 0.0429. The largest absolute Gasteiger partial charge is 0.478 e. The molecule has 0 bridgehead atoms. The van der Waals surface area contributed by atoms with Gasteiger partial charge in [0.1, 0.15) is 17.3 Å². The van der Waals surface area contributed by atoms with Crippen molar-refractivity contribution in [1.29, 1.82) is 0 Å². The molecule has 0 heterocycles. The standard InChI is InChI=1S/C13H9BrFNO3/c14-10-6-8(1-3-11(10)15)19-7-2-4-12(16)9(5-7)13(17)18/h1-6H,16H2,(H,17,18). The fraction of sp³-hybridized carbons (Fsp3) is 0. The van der Waals surface area contributed by atoms with Crippen LogP contribution in [0.2, 0.25) is 0 Å². The third-order valence-corrected chi connectivity index (χ3v) is 2.99. The van der Waals surface area contributed by atoms with E-state index in [1.165, 1.54) is 30.3 Å².